The molecule has 1 aliphatic heterocycles. The third-order valence-corrected chi connectivity index (χ3v) is 11.7. The molecule has 10 aromatic rings. The van der Waals surface area contributed by atoms with Gasteiger partial charge in [0.1, 0.15) is 22.3 Å². The molecule has 0 amide bonds. The third-order valence-electron chi connectivity index (χ3n) is 10.6. The summed E-state index contributed by atoms with van der Waals surface area (Å²) in [6, 6.07) is 48.4. The number of hydrogen-bond donors (Lipinski definition) is 0. The Labute approximate surface area is 303 Å². The minimum atomic E-state index is -0.112. The van der Waals surface area contributed by atoms with Gasteiger partial charge in [0.05, 0.1) is 0 Å². The van der Waals surface area contributed by atoms with E-state index in [-0.39, 0.29) is 5.41 Å². The average molecular weight is 688 g/mol. The van der Waals surface area contributed by atoms with Crippen LogP contribution in [-0.2, 0) is 5.41 Å². The highest BCUT2D eigenvalue weighted by atomic mass is 32.2. The molecule has 5 nitrogen and oxygen atoms in total. The normalized spacial score (nSPS) is 13.7. The van der Waals surface area contributed by atoms with Crippen molar-refractivity contribution in [3.05, 3.63) is 151 Å². The highest BCUT2D eigenvalue weighted by Crippen LogP contribution is 2.50. The van der Waals surface area contributed by atoms with Gasteiger partial charge >= 0.3 is 0 Å². The molecule has 7 aromatic carbocycles. The fraction of sp³-hybridized carbons (Fsp3) is 0.0652. The molecule has 0 saturated carbocycles. The van der Waals surface area contributed by atoms with Crippen LogP contribution < -0.4 is 0 Å². The zero-order valence-corrected chi connectivity index (χ0v) is 29.2. The molecular formula is C46H29N3O2S. The van der Waals surface area contributed by atoms with E-state index < -0.39 is 0 Å². The first kappa shape index (κ1) is 29.5. The van der Waals surface area contributed by atoms with Crippen LogP contribution in [0.4, 0.5) is 0 Å². The van der Waals surface area contributed by atoms with Gasteiger partial charge in [-0.2, -0.15) is 0 Å². The molecule has 0 aliphatic carbocycles. The molecular weight excluding hydrogens is 659 g/mol. The number of nitrogens with zero attached hydrogens (tertiary/aromatic N) is 3. The van der Waals surface area contributed by atoms with Gasteiger partial charge in [0.2, 0.25) is 0 Å². The summed E-state index contributed by atoms with van der Waals surface area (Å²) in [6.45, 7) is 4.60. The zero-order chi connectivity index (χ0) is 34.6. The van der Waals surface area contributed by atoms with E-state index in [9.17, 15) is 0 Å². The van der Waals surface area contributed by atoms with E-state index >= 15 is 0 Å². The van der Waals surface area contributed by atoms with Crippen LogP contribution in [0.2, 0.25) is 0 Å². The number of hydrogen-bond acceptors (Lipinski definition) is 6. The average Bonchev–Trinajstić information content (AvgIpc) is 3.74. The summed E-state index contributed by atoms with van der Waals surface area (Å²) in [5.74, 6) is 1.85. The smallest absolute Gasteiger partial charge is 0.164 e. The van der Waals surface area contributed by atoms with Crippen molar-refractivity contribution in [1.29, 1.82) is 0 Å². The second-order valence-corrected chi connectivity index (χ2v) is 15.1. The van der Waals surface area contributed by atoms with Crippen LogP contribution in [0.25, 0.3) is 88.8 Å². The van der Waals surface area contributed by atoms with Crippen LogP contribution >= 0.6 is 11.8 Å². The topological polar surface area (TPSA) is 65.0 Å². The lowest BCUT2D eigenvalue weighted by atomic mass is 9.77. The fourth-order valence-electron chi connectivity index (χ4n) is 7.91. The zero-order valence-electron chi connectivity index (χ0n) is 28.3. The Hall–Kier alpha value is -6.24. The van der Waals surface area contributed by atoms with Crippen LogP contribution in [0.15, 0.2) is 158 Å². The minimum Gasteiger partial charge on any atom is -0.456 e. The summed E-state index contributed by atoms with van der Waals surface area (Å²) in [5, 5.41) is 6.54. The molecule has 6 heteroatoms. The van der Waals surface area contributed by atoms with Gasteiger partial charge < -0.3 is 8.83 Å². The molecule has 246 valence electrons. The van der Waals surface area contributed by atoms with Gasteiger partial charge in [-0.15, -0.1) is 0 Å². The second kappa shape index (κ2) is 10.9. The maximum absolute atomic E-state index is 6.55. The highest BCUT2D eigenvalue weighted by Gasteiger charge is 2.33. The second-order valence-electron chi connectivity index (χ2n) is 14.0. The molecule has 0 atom stereocenters. The van der Waals surface area contributed by atoms with E-state index in [0.29, 0.717) is 17.5 Å². The van der Waals surface area contributed by atoms with Crippen LogP contribution in [0.1, 0.15) is 25.0 Å². The number of rotatable bonds is 3. The first-order valence-electron chi connectivity index (χ1n) is 17.4. The van der Waals surface area contributed by atoms with E-state index in [4.69, 9.17) is 23.8 Å². The SMILES string of the molecule is CC1(C)c2ccccc2Sc2cc(-c3nc(-c4ccccc4)nc(-c4ccc5c(c4)oc4ccc6oc7cc8ccccc8cc7c6c45)n3)ccc21. The number of fused-ring (bicyclic) bond motifs is 10. The highest BCUT2D eigenvalue weighted by molar-refractivity contribution is 7.99. The Morgan fingerprint density at radius 2 is 1.02 bits per heavy atom. The molecule has 11 rings (SSSR count). The van der Waals surface area contributed by atoms with Crippen molar-refractivity contribution in [2.24, 2.45) is 0 Å². The predicted molar refractivity (Wildman–Crippen MR) is 211 cm³/mol. The van der Waals surface area contributed by atoms with E-state index in [1.165, 1.54) is 26.3 Å². The first-order valence-corrected chi connectivity index (χ1v) is 18.2. The lowest BCUT2D eigenvalue weighted by molar-refractivity contribution is 0.607. The number of aromatic nitrogens is 3. The third kappa shape index (κ3) is 4.41. The lowest BCUT2D eigenvalue weighted by Crippen LogP contribution is -2.23. The molecule has 3 aromatic heterocycles. The maximum atomic E-state index is 6.55. The summed E-state index contributed by atoms with van der Waals surface area (Å²) < 4.78 is 12.9. The molecule has 4 heterocycles. The molecule has 0 saturated heterocycles. The minimum absolute atomic E-state index is 0.112. The van der Waals surface area contributed by atoms with E-state index in [1.807, 2.05) is 54.2 Å². The summed E-state index contributed by atoms with van der Waals surface area (Å²) >= 11 is 1.81. The van der Waals surface area contributed by atoms with Gasteiger partial charge in [0, 0.05) is 53.4 Å². The van der Waals surface area contributed by atoms with Crippen molar-refractivity contribution in [2.45, 2.75) is 29.1 Å². The Bertz CT molecular complexity index is 3090. The van der Waals surface area contributed by atoms with Gasteiger partial charge in [-0.25, -0.2) is 15.0 Å². The first-order chi connectivity index (χ1) is 25.5. The molecule has 0 N–H and O–H groups in total. The molecule has 0 unspecified atom stereocenters. The van der Waals surface area contributed by atoms with E-state index in [0.717, 1.165) is 66.0 Å². The summed E-state index contributed by atoms with van der Waals surface area (Å²) in [4.78, 5) is 17.7. The van der Waals surface area contributed by atoms with Gasteiger partial charge in [-0.1, -0.05) is 117 Å². The van der Waals surface area contributed by atoms with Crippen LogP contribution in [-0.4, -0.2) is 15.0 Å². The van der Waals surface area contributed by atoms with Crippen molar-refractivity contribution in [1.82, 2.24) is 15.0 Å². The van der Waals surface area contributed by atoms with Gasteiger partial charge in [-0.05, 0) is 70.4 Å². The molecule has 52 heavy (non-hydrogen) atoms. The van der Waals surface area contributed by atoms with Crippen molar-refractivity contribution in [3.63, 3.8) is 0 Å². The van der Waals surface area contributed by atoms with Crippen LogP contribution in [0, 0.1) is 0 Å². The van der Waals surface area contributed by atoms with Crippen molar-refractivity contribution in [2.75, 3.05) is 0 Å². The quantitative estimate of drug-likeness (QED) is 0.184. The van der Waals surface area contributed by atoms with Crippen molar-refractivity contribution < 1.29 is 8.83 Å². The van der Waals surface area contributed by atoms with Crippen molar-refractivity contribution in [3.8, 4) is 34.2 Å². The monoisotopic (exact) mass is 687 g/mol. The lowest BCUT2D eigenvalue weighted by Gasteiger charge is -2.34. The summed E-state index contributed by atoms with van der Waals surface area (Å²) in [7, 11) is 0. The van der Waals surface area contributed by atoms with Gasteiger partial charge in [0.15, 0.2) is 17.5 Å². The van der Waals surface area contributed by atoms with E-state index in [2.05, 4.69) is 111 Å². The standard InChI is InChI=1S/C46H29N3O2S/c1-46(2)33-14-8-9-15-39(33)52-40-25-30(17-19-34(40)46)45-48-43(26-10-4-3-5-11-26)47-44(49-45)29-16-18-31-37(24-29)50-35-20-21-36-42(41(31)35)32-22-27-12-6-7-13-28(27)23-38(32)51-36/h3-25H,1-2H3. The molecule has 0 spiro atoms. The molecule has 0 radical (unpaired) electrons. The fourth-order valence-corrected chi connectivity index (χ4v) is 9.34. The predicted octanol–water partition coefficient (Wildman–Crippen LogP) is 12.6. The number of furan rings is 2. The summed E-state index contributed by atoms with van der Waals surface area (Å²) in [5.41, 5.74) is 8.58. The molecule has 1 aliphatic rings. The Morgan fingerprint density at radius 3 is 1.79 bits per heavy atom. The Balaban J connectivity index is 1.07. The van der Waals surface area contributed by atoms with E-state index in [1.54, 1.807) is 0 Å². The Kier molecular flexibility index (Phi) is 6.17. The van der Waals surface area contributed by atoms with Crippen LogP contribution in [0.3, 0.4) is 0 Å². The number of benzene rings is 7. The van der Waals surface area contributed by atoms with Gasteiger partial charge in [-0.3, -0.25) is 0 Å². The summed E-state index contributed by atoms with van der Waals surface area (Å²) in [6.07, 6.45) is 0. The van der Waals surface area contributed by atoms with Crippen LogP contribution in [0.5, 0.6) is 0 Å². The van der Waals surface area contributed by atoms with Gasteiger partial charge in [0.25, 0.3) is 0 Å². The molecule has 0 bridgehead atoms. The molecule has 0 fully saturated rings. The largest absolute Gasteiger partial charge is 0.456 e. The Morgan fingerprint density at radius 1 is 0.442 bits per heavy atom. The van der Waals surface area contributed by atoms with Crippen molar-refractivity contribution >= 4 is 66.4 Å². The maximum Gasteiger partial charge on any atom is 0.164 e.